The minimum Gasteiger partial charge on any atom is -0.454 e. The van der Waals surface area contributed by atoms with E-state index in [9.17, 15) is 18.4 Å². The number of nitrogens with one attached hydrogen (secondary N) is 2. The highest BCUT2D eigenvalue weighted by molar-refractivity contribution is 6.32. The van der Waals surface area contributed by atoms with Crippen molar-refractivity contribution in [1.29, 1.82) is 0 Å². The number of fused-ring (bicyclic) bond motifs is 1. The van der Waals surface area contributed by atoms with Gasteiger partial charge in [0, 0.05) is 12.7 Å². The van der Waals surface area contributed by atoms with Gasteiger partial charge in [-0.3, -0.25) is 9.59 Å². The molecule has 3 aromatic rings. The summed E-state index contributed by atoms with van der Waals surface area (Å²) < 4.78 is 38.5. The highest BCUT2D eigenvalue weighted by atomic mass is 35.5. The number of pyridine rings is 1. The van der Waals surface area contributed by atoms with Gasteiger partial charge >= 0.3 is 0 Å². The van der Waals surface area contributed by atoms with Crippen LogP contribution in [0.5, 0.6) is 11.5 Å². The molecule has 0 radical (unpaired) electrons. The first kappa shape index (κ1) is 22.5. The minimum absolute atomic E-state index is 0.00238. The van der Waals surface area contributed by atoms with Gasteiger partial charge in [-0.25, -0.2) is 18.4 Å². The monoisotopic (exact) mass is 477 g/mol. The van der Waals surface area contributed by atoms with E-state index in [2.05, 4.69) is 20.7 Å². The van der Waals surface area contributed by atoms with E-state index in [1.165, 1.54) is 12.3 Å². The van der Waals surface area contributed by atoms with Crippen LogP contribution in [0.25, 0.3) is 5.82 Å². The molecule has 0 bridgehead atoms. The van der Waals surface area contributed by atoms with Crippen LogP contribution < -0.4 is 20.1 Å². The Balaban J connectivity index is 1.80. The van der Waals surface area contributed by atoms with Crippen LogP contribution in [0.1, 0.15) is 45.5 Å². The Bertz CT molecular complexity index is 1250. The molecule has 0 fully saturated rings. The molecule has 4 rings (SSSR count). The molecule has 0 spiro atoms. The number of carbonyl (C=O) groups is 2. The summed E-state index contributed by atoms with van der Waals surface area (Å²) in [6, 6.07) is 5.60. The Morgan fingerprint density at radius 2 is 2.06 bits per heavy atom. The predicted molar refractivity (Wildman–Crippen MR) is 115 cm³/mol. The number of hydrogen-bond acceptors (Lipinski definition) is 6. The fourth-order valence-corrected chi connectivity index (χ4v) is 3.54. The van der Waals surface area contributed by atoms with E-state index in [-0.39, 0.29) is 40.3 Å². The second-order valence-electron chi connectivity index (χ2n) is 6.97. The number of aryl methyl sites for hydroxylation is 1. The molecule has 12 heteroatoms. The van der Waals surface area contributed by atoms with E-state index in [0.717, 1.165) is 10.7 Å². The fourth-order valence-electron chi connectivity index (χ4n) is 3.34. The molecule has 0 unspecified atom stereocenters. The number of hydrogen-bond donors (Lipinski definition) is 2. The summed E-state index contributed by atoms with van der Waals surface area (Å²) in [4.78, 5) is 30.1. The number of rotatable bonds is 6. The molecule has 1 aliphatic heterocycles. The number of amides is 2. The predicted octanol–water partition coefficient (Wildman–Crippen LogP) is 3.90. The number of anilines is 1. The molecule has 1 aliphatic rings. The number of aromatic nitrogens is 3. The summed E-state index contributed by atoms with van der Waals surface area (Å²) in [5.74, 6) is -0.757. The molecule has 0 atom stereocenters. The summed E-state index contributed by atoms with van der Waals surface area (Å²) in [6.45, 7) is 3.65. The molecule has 33 heavy (non-hydrogen) atoms. The zero-order valence-electron chi connectivity index (χ0n) is 17.5. The number of carbonyl (C=O) groups excluding carboxylic acids is 2. The van der Waals surface area contributed by atoms with Crippen LogP contribution in [-0.4, -0.2) is 39.9 Å². The Kier molecular flexibility index (Phi) is 6.14. The summed E-state index contributed by atoms with van der Waals surface area (Å²) in [5, 5.41) is 9.21. The van der Waals surface area contributed by atoms with Crippen molar-refractivity contribution in [2.75, 3.05) is 18.7 Å². The van der Waals surface area contributed by atoms with Crippen LogP contribution in [0, 0.1) is 6.92 Å². The molecular weight excluding hydrogens is 460 g/mol. The van der Waals surface area contributed by atoms with Crippen LogP contribution in [0.3, 0.4) is 0 Å². The highest BCUT2D eigenvalue weighted by Gasteiger charge is 2.30. The maximum absolute atomic E-state index is 13.4. The Morgan fingerprint density at radius 1 is 1.27 bits per heavy atom. The van der Waals surface area contributed by atoms with Crippen LogP contribution in [0.15, 0.2) is 30.5 Å². The number of ether oxygens (including phenoxy) is 2. The second-order valence-corrected chi connectivity index (χ2v) is 7.37. The lowest BCUT2D eigenvalue weighted by Crippen LogP contribution is -2.26. The van der Waals surface area contributed by atoms with E-state index >= 15 is 0 Å². The van der Waals surface area contributed by atoms with Crippen LogP contribution in [0.4, 0.5) is 14.5 Å². The van der Waals surface area contributed by atoms with Crippen molar-refractivity contribution in [3.63, 3.8) is 0 Å². The largest absolute Gasteiger partial charge is 0.454 e. The van der Waals surface area contributed by atoms with Crippen LogP contribution in [-0.2, 0) is 0 Å². The van der Waals surface area contributed by atoms with Crippen molar-refractivity contribution in [1.82, 2.24) is 20.1 Å². The van der Waals surface area contributed by atoms with E-state index in [1.54, 1.807) is 26.0 Å². The quantitative estimate of drug-likeness (QED) is 0.557. The maximum atomic E-state index is 13.4. The first-order chi connectivity index (χ1) is 15.8. The summed E-state index contributed by atoms with van der Waals surface area (Å²) in [7, 11) is 0. The lowest BCUT2D eigenvalue weighted by molar-refractivity contribution is 0.0952. The van der Waals surface area contributed by atoms with Gasteiger partial charge < -0.3 is 20.1 Å². The standard InChI is InChI=1S/C21H18ClF2N5O4/c1-3-25-21(31)15-16(10(2)7-14-17(15)33-9-32-14)27-20(30)13-8-12(18(23)24)28-29(13)19-11(22)5-4-6-26-19/h4-8,18H,3,9H2,1-2H3,(H,25,31)(H,27,30). The van der Waals surface area contributed by atoms with Crippen molar-refractivity contribution in [2.45, 2.75) is 20.3 Å². The molecule has 0 saturated heterocycles. The Morgan fingerprint density at radius 3 is 2.76 bits per heavy atom. The summed E-state index contributed by atoms with van der Waals surface area (Å²) in [6.07, 6.45) is -1.54. The third-order valence-electron chi connectivity index (χ3n) is 4.79. The molecule has 9 nitrogen and oxygen atoms in total. The van der Waals surface area contributed by atoms with E-state index in [0.29, 0.717) is 17.9 Å². The van der Waals surface area contributed by atoms with Crippen molar-refractivity contribution in [3.05, 3.63) is 58.0 Å². The second kappa shape index (κ2) is 9.02. The average Bonchev–Trinajstić information content (AvgIpc) is 3.42. The molecule has 0 aliphatic carbocycles. The molecule has 2 N–H and O–H groups in total. The number of benzene rings is 1. The first-order valence-electron chi connectivity index (χ1n) is 9.83. The van der Waals surface area contributed by atoms with Gasteiger partial charge in [-0.1, -0.05) is 11.6 Å². The minimum atomic E-state index is -2.93. The van der Waals surface area contributed by atoms with Crippen LogP contribution in [0.2, 0.25) is 5.02 Å². The molecule has 2 aromatic heterocycles. The topological polar surface area (TPSA) is 107 Å². The number of halogens is 3. The van der Waals surface area contributed by atoms with Crippen molar-refractivity contribution in [3.8, 4) is 17.3 Å². The van der Waals surface area contributed by atoms with Gasteiger partial charge in [-0.05, 0) is 43.7 Å². The zero-order chi connectivity index (χ0) is 23.7. The molecule has 3 heterocycles. The smallest absolute Gasteiger partial charge is 0.282 e. The van der Waals surface area contributed by atoms with Gasteiger partial charge in [0.25, 0.3) is 18.2 Å². The normalized spacial score (nSPS) is 12.2. The lowest BCUT2D eigenvalue weighted by Gasteiger charge is -2.16. The Labute approximate surface area is 191 Å². The fraction of sp³-hybridized carbons (Fsp3) is 0.238. The molecule has 1 aromatic carbocycles. The van der Waals surface area contributed by atoms with E-state index in [4.69, 9.17) is 21.1 Å². The van der Waals surface area contributed by atoms with Crippen LogP contribution >= 0.6 is 11.6 Å². The highest BCUT2D eigenvalue weighted by Crippen LogP contribution is 2.42. The van der Waals surface area contributed by atoms with Gasteiger partial charge in [0.1, 0.15) is 17.0 Å². The molecule has 0 saturated carbocycles. The van der Waals surface area contributed by atoms with E-state index < -0.39 is 23.9 Å². The SMILES string of the molecule is CCNC(=O)c1c(NC(=O)c2cc(C(F)F)nn2-c2ncccc2Cl)c(C)cc2c1OCO2. The molecular formula is C21H18ClF2N5O4. The summed E-state index contributed by atoms with van der Waals surface area (Å²) in [5.41, 5.74) is -0.162. The van der Waals surface area contributed by atoms with Gasteiger partial charge in [0.05, 0.1) is 10.7 Å². The Hall–Kier alpha value is -3.73. The van der Waals surface area contributed by atoms with Crippen molar-refractivity contribution < 1.29 is 27.8 Å². The molecule has 2 amide bonds. The van der Waals surface area contributed by atoms with Gasteiger partial charge in [-0.2, -0.15) is 5.10 Å². The number of nitrogens with zero attached hydrogens (tertiary/aromatic N) is 3. The van der Waals surface area contributed by atoms with Gasteiger partial charge in [0.2, 0.25) is 6.79 Å². The van der Waals surface area contributed by atoms with E-state index in [1.807, 2.05) is 0 Å². The molecule has 172 valence electrons. The maximum Gasteiger partial charge on any atom is 0.282 e. The van der Waals surface area contributed by atoms with Crippen molar-refractivity contribution >= 4 is 29.1 Å². The third kappa shape index (κ3) is 4.19. The first-order valence-corrected chi connectivity index (χ1v) is 10.2. The van der Waals surface area contributed by atoms with Gasteiger partial charge in [-0.15, -0.1) is 0 Å². The average molecular weight is 478 g/mol. The summed E-state index contributed by atoms with van der Waals surface area (Å²) >= 11 is 6.15. The zero-order valence-corrected chi connectivity index (χ0v) is 18.2. The number of alkyl halides is 2. The lowest BCUT2D eigenvalue weighted by atomic mass is 10.0. The third-order valence-corrected chi connectivity index (χ3v) is 5.08. The van der Waals surface area contributed by atoms with Crippen molar-refractivity contribution in [2.24, 2.45) is 0 Å². The van der Waals surface area contributed by atoms with Gasteiger partial charge in [0.15, 0.2) is 17.3 Å².